The van der Waals surface area contributed by atoms with Crippen molar-refractivity contribution in [3.63, 3.8) is 0 Å². The van der Waals surface area contributed by atoms with Crippen LogP contribution in [-0.2, 0) is 4.74 Å². The van der Waals surface area contributed by atoms with Gasteiger partial charge in [0.2, 0.25) is 0 Å². The molecule has 1 aromatic carbocycles. The van der Waals surface area contributed by atoms with E-state index >= 15 is 0 Å². The highest BCUT2D eigenvalue weighted by molar-refractivity contribution is 5.92. The van der Waals surface area contributed by atoms with Gasteiger partial charge in [-0.1, -0.05) is 13.8 Å². The monoisotopic (exact) mass is 307 g/mol. The number of amides is 2. The highest BCUT2D eigenvalue weighted by Gasteiger charge is 2.11. The van der Waals surface area contributed by atoms with E-state index in [1.54, 1.807) is 24.3 Å². The lowest BCUT2D eigenvalue weighted by molar-refractivity contribution is 0.0601. The van der Waals surface area contributed by atoms with Crippen LogP contribution in [0.5, 0.6) is 0 Å². The number of hydrogen-bond acceptors (Lipinski definition) is 4. The Bertz CT molecular complexity index is 484. The summed E-state index contributed by atoms with van der Waals surface area (Å²) in [5, 5.41) is 5.58. The molecule has 0 heterocycles. The third-order valence-corrected chi connectivity index (χ3v) is 3.56. The zero-order valence-corrected chi connectivity index (χ0v) is 13.7. The molecule has 22 heavy (non-hydrogen) atoms. The summed E-state index contributed by atoms with van der Waals surface area (Å²) in [6, 6.07) is 6.58. The number of nitrogens with zero attached hydrogens (tertiary/aromatic N) is 1. The standard InChI is InChI=1S/C16H25N3O3/c1-5-19(6-2)12(3)11-17-16(21)18-14-9-7-13(8-10-14)15(20)22-4/h7-10,12H,5-6,11H2,1-4H3,(H2,17,18,21)/t12-/m1/s1. The maximum atomic E-state index is 11.9. The van der Waals surface area contributed by atoms with Crippen molar-refractivity contribution in [1.29, 1.82) is 0 Å². The predicted octanol–water partition coefficient (Wildman–Crippen LogP) is 2.33. The van der Waals surface area contributed by atoms with Crippen molar-refractivity contribution in [1.82, 2.24) is 10.2 Å². The number of nitrogens with one attached hydrogen (secondary N) is 2. The molecule has 1 atom stereocenters. The van der Waals surface area contributed by atoms with Crippen molar-refractivity contribution in [3.8, 4) is 0 Å². The van der Waals surface area contributed by atoms with Crippen LogP contribution in [0, 0.1) is 0 Å². The second kappa shape index (κ2) is 9.04. The molecule has 0 radical (unpaired) electrons. The Hall–Kier alpha value is -2.08. The molecule has 2 N–H and O–H groups in total. The molecule has 0 fully saturated rings. The molecule has 6 nitrogen and oxygen atoms in total. The Morgan fingerprint density at radius 2 is 1.77 bits per heavy atom. The molecule has 0 spiro atoms. The lowest BCUT2D eigenvalue weighted by Gasteiger charge is -2.26. The first kappa shape index (κ1) is 18.0. The van der Waals surface area contributed by atoms with Crippen molar-refractivity contribution in [2.45, 2.75) is 26.8 Å². The molecular weight excluding hydrogens is 282 g/mol. The van der Waals surface area contributed by atoms with Gasteiger partial charge in [0, 0.05) is 18.3 Å². The van der Waals surface area contributed by atoms with Crippen LogP contribution in [0.4, 0.5) is 10.5 Å². The van der Waals surface area contributed by atoms with Crippen molar-refractivity contribution >= 4 is 17.7 Å². The number of urea groups is 1. The highest BCUT2D eigenvalue weighted by atomic mass is 16.5. The highest BCUT2D eigenvalue weighted by Crippen LogP contribution is 2.10. The zero-order valence-electron chi connectivity index (χ0n) is 13.7. The van der Waals surface area contributed by atoms with Gasteiger partial charge < -0.3 is 15.4 Å². The Morgan fingerprint density at radius 1 is 1.18 bits per heavy atom. The van der Waals surface area contributed by atoms with Gasteiger partial charge >= 0.3 is 12.0 Å². The fourth-order valence-electron chi connectivity index (χ4n) is 2.20. The van der Waals surface area contributed by atoms with Crippen LogP contribution in [0.2, 0.25) is 0 Å². The molecular formula is C16H25N3O3. The third-order valence-electron chi connectivity index (χ3n) is 3.56. The number of carbonyl (C=O) groups is 2. The summed E-state index contributed by atoms with van der Waals surface area (Å²) >= 11 is 0. The van der Waals surface area contributed by atoms with Crippen LogP contribution in [0.25, 0.3) is 0 Å². The number of rotatable bonds is 7. The molecule has 0 aliphatic rings. The summed E-state index contributed by atoms with van der Waals surface area (Å²) in [5.74, 6) is -0.399. The summed E-state index contributed by atoms with van der Waals surface area (Å²) in [4.78, 5) is 25.4. The lowest BCUT2D eigenvalue weighted by Crippen LogP contribution is -2.43. The molecule has 0 unspecified atom stereocenters. The molecule has 0 saturated carbocycles. The van der Waals surface area contributed by atoms with E-state index < -0.39 is 5.97 Å². The number of esters is 1. The maximum absolute atomic E-state index is 11.9. The molecule has 1 aromatic rings. The molecule has 2 amide bonds. The summed E-state index contributed by atoms with van der Waals surface area (Å²) in [6.07, 6.45) is 0. The van der Waals surface area contributed by atoms with Crippen LogP contribution in [-0.4, -0.2) is 49.7 Å². The number of ether oxygens (including phenoxy) is 1. The van der Waals surface area contributed by atoms with Crippen LogP contribution >= 0.6 is 0 Å². The molecule has 6 heteroatoms. The average molecular weight is 307 g/mol. The summed E-state index contributed by atoms with van der Waals surface area (Å²) in [6.45, 7) is 8.77. The Labute approximate surface area is 131 Å². The maximum Gasteiger partial charge on any atom is 0.337 e. The van der Waals surface area contributed by atoms with Crippen LogP contribution in [0.3, 0.4) is 0 Å². The molecule has 0 saturated heterocycles. The number of likely N-dealkylation sites (N-methyl/N-ethyl adjacent to an activating group) is 1. The van der Waals surface area contributed by atoms with Crippen molar-refractivity contribution < 1.29 is 14.3 Å². The van der Waals surface area contributed by atoms with E-state index in [2.05, 4.69) is 41.0 Å². The number of benzene rings is 1. The van der Waals surface area contributed by atoms with Gasteiger partial charge in [0.1, 0.15) is 0 Å². The first-order valence-electron chi connectivity index (χ1n) is 7.49. The van der Waals surface area contributed by atoms with E-state index in [4.69, 9.17) is 0 Å². The molecule has 122 valence electrons. The third kappa shape index (κ3) is 5.37. The fourth-order valence-corrected chi connectivity index (χ4v) is 2.20. The number of carbonyl (C=O) groups excluding carboxylic acids is 2. The minimum absolute atomic E-state index is 0.259. The van der Waals surface area contributed by atoms with Crippen LogP contribution < -0.4 is 10.6 Å². The molecule has 0 aliphatic heterocycles. The van der Waals surface area contributed by atoms with Gasteiger partial charge in [-0.25, -0.2) is 9.59 Å². The summed E-state index contributed by atoms with van der Waals surface area (Å²) in [7, 11) is 1.33. The van der Waals surface area contributed by atoms with Crippen LogP contribution in [0.1, 0.15) is 31.1 Å². The number of hydrogen-bond donors (Lipinski definition) is 2. The van der Waals surface area contributed by atoms with E-state index in [-0.39, 0.29) is 12.1 Å². The number of methoxy groups -OCH3 is 1. The Morgan fingerprint density at radius 3 is 2.27 bits per heavy atom. The van der Waals surface area contributed by atoms with Crippen molar-refractivity contribution in [2.75, 3.05) is 32.1 Å². The van der Waals surface area contributed by atoms with Gasteiger partial charge in [-0.3, -0.25) is 4.90 Å². The fraction of sp³-hybridized carbons (Fsp3) is 0.500. The minimum atomic E-state index is -0.399. The minimum Gasteiger partial charge on any atom is -0.465 e. The molecule has 0 bridgehead atoms. The second-order valence-electron chi connectivity index (χ2n) is 4.97. The van der Waals surface area contributed by atoms with E-state index in [0.29, 0.717) is 17.8 Å². The Kier molecular flexibility index (Phi) is 7.39. The van der Waals surface area contributed by atoms with Crippen LogP contribution in [0.15, 0.2) is 24.3 Å². The first-order chi connectivity index (χ1) is 10.5. The second-order valence-corrected chi connectivity index (χ2v) is 4.97. The van der Waals surface area contributed by atoms with E-state index in [0.717, 1.165) is 13.1 Å². The van der Waals surface area contributed by atoms with Gasteiger partial charge in [-0.2, -0.15) is 0 Å². The Balaban J connectivity index is 2.46. The van der Waals surface area contributed by atoms with Gasteiger partial charge in [-0.05, 0) is 44.3 Å². The largest absolute Gasteiger partial charge is 0.465 e. The quantitative estimate of drug-likeness (QED) is 0.759. The van der Waals surface area contributed by atoms with Gasteiger partial charge in [0.05, 0.1) is 12.7 Å². The molecule has 0 aliphatic carbocycles. The topological polar surface area (TPSA) is 70.7 Å². The SMILES string of the molecule is CCN(CC)[C@H](C)CNC(=O)Nc1ccc(C(=O)OC)cc1. The molecule has 0 aromatic heterocycles. The lowest BCUT2D eigenvalue weighted by atomic mass is 10.2. The summed E-state index contributed by atoms with van der Waals surface area (Å²) < 4.78 is 4.62. The smallest absolute Gasteiger partial charge is 0.337 e. The summed E-state index contributed by atoms with van der Waals surface area (Å²) in [5.41, 5.74) is 1.07. The van der Waals surface area contributed by atoms with Gasteiger partial charge in [0.25, 0.3) is 0 Å². The van der Waals surface area contributed by atoms with Gasteiger partial charge in [-0.15, -0.1) is 0 Å². The average Bonchev–Trinajstić information content (AvgIpc) is 2.54. The molecule has 1 rings (SSSR count). The predicted molar refractivity (Wildman–Crippen MR) is 87.2 cm³/mol. The zero-order chi connectivity index (χ0) is 16.5. The van der Waals surface area contributed by atoms with Crippen molar-refractivity contribution in [2.24, 2.45) is 0 Å². The van der Waals surface area contributed by atoms with Gasteiger partial charge in [0.15, 0.2) is 0 Å². The first-order valence-corrected chi connectivity index (χ1v) is 7.49. The normalized spacial score (nSPS) is 11.9. The van der Waals surface area contributed by atoms with E-state index in [1.807, 2.05) is 0 Å². The van der Waals surface area contributed by atoms with E-state index in [1.165, 1.54) is 7.11 Å². The van der Waals surface area contributed by atoms with Crippen molar-refractivity contribution in [3.05, 3.63) is 29.8 Å². The van der Waals surface area contributed by atoms with E-state index in [9.17, 15) is 9.59 Å². The number of anilines is 1.